The lowest BCUT2D eigenvalue weighted by atomic mass is 9.93. The number of aromatic nitrogens is 12. The molecule has 3 fully saturated rings. The molecule has 9 atom stereocenters. The molecule has 3 aliphatic rings. The molecule has 3 aliphatic carbocycles. The van der Waals surface area contributed by atoms with Gasteiger partial charge in [0.1, 0.15) is 7.38 Å². The number of halogens is 1. The van der Waals surface area contributed by atoms with E-state index in [2.05, 4.69) is 105 Å². The highest BCUT2D eigenvalue weighted by Crippen LogP contribution is 2.45. The Morgan fingerprint density at radius 1 is 0.623 bits per heavy atom. The SMILES string of the molecule is C=C1[C@H](CC)[C@@H](C)C[C@@H]1n1cnc2c(=O)[nH]c(N)nc21.C=C1[C@H](CO)[C@@H](O)C[C@@H]1n1cnc2c(=O)[nH]c(N)nc21.C=C1[C@H](CO)[C@@H](O)C[C@@H]1n1cnc2c(=O)[nH]c(OCCCCCCCCCCCC)nc21.C[Si](C)(C)Cl. The monoisotopic (exact) mass is 1100 g/mol. The van der Waals surface area contributed by atoms with Gasteiger partial charge in [-0.3, -0.25) is 29.3 Å². The van der Waals surface area contributed by atoms with E-state index in [4.69, 9.17) is 27.3 Å². The Balaban J connectivity index is 0.000000185. The van der Waals surface area contributed by atoms with Gasteiger partial charge in [-0.05, 0) is 55.1 Å². The molecule has 0 aliphatic heterocycles. The van der Waals surface area contributed by atoms with Gasteiger partial charge in [-0.25, -0.2) is 15.0 Å². The number of ether oxygens (including phenoxy) is 1. The van der Waals surface area contributed by atoms with Crippen LogP contribution in [-0.2, 0) is 0 Å². The molecule has 0 radical (unpaired) electrons. The number of allylic oxidation sites excluding steroid dienone is 1. The topological polar surface area (TPSA) is 333 Å². The second kappa shape index (κ2) is 27.1. The number of nitrogens with two attached hydrogens (primary N) is 2. The summed E-state index contributed by atoms with van der Waals surface area (Å²) in [6.45, 7) is 25.3. The molecular weight excluding hydrogens is 1020 g/mol. The van der Waals surface area contributed by atoms with Crippen molar-refractivity contribution in [1.82, 2.24) is 58.6 Å². The number of nitrogens with one attached hydrogen (secondary N) is 3. The number of nitrogen functional groups attached to an aromatic ring is 2. The van der Waals surface area contributed by atoms with Gasteiger partial charge in [-0.1, -0.05) is 124 Å². The summed E-state index contributed by atoms with van der Waals surface area (Å²) in [5.41, 5.74) is 14.8. The number of imidazole rings is 3. The van der Waals surface area contributed by atoms with Crippen molar-refractivity contribution in [2.75, 3.05) is 31.3 Å². The van der Waals surface area contributed by atoms with Gasteiger partial charge in [0.15, 0.2) is 33.5 Å². The highest BCUT2D eigenvalue weighted by Gasteiger charge is 2.40. The van der Waals surface area contributed by atoms with E-state index >= 15 is 0 Å². The number of fused-ring (bicyclic) bond motifs is 3. The van der Waals surface area contributed by atoms with Crippen LogP contribution in [-0.4, -0.2) is 118 Å². The van der Waals surface area contributed by atoms with Gasteiger partial charge < -0.3 is 50.3 Å². The van der Waals surface area contributed by atoms with Crippen LogP contribution in [0.25, 0.3) is 33.5 Å². The molecule has 0 amide bonds. The predicted molar refractivity (Wildman–Crippen MR) is 304 cm³/mol. The highest BCUT2D eigenvalue weighted by atomic mass is 35.6. The van der Waals surface area contributed by atoms with Crippen LogP contribution in [0.3, 0.4) is 0 Å². The average molecular weight is 1110 g/mol. The molecule has 22 nitrogen and oxygen atoms in total. The van der Waals surface area contributed by atoms with E-state index in [-0.39, 0.29) is 83.2 Å². The Kier molecular flexibility index (Phi) is 21.2. The van der Waals surface area contributed by atoms with Gasteiger partial charge >= 0.3 is 0 Å². The first kappa shape index (κ1) is 60.2. The minimum atomic E-state index is -1.14. The van der Waals surface area contributed by atoms with E-state index < -0.39 is 25.2 Å². The summed E-state index contributed by atoms with van der Waals surface area (Å²) in [6, 6.07) is -0.200. The van der Waals surface area contributed by atoms with Crippen molar-refractivity contribution in [2.45, 2.75) is 161 Å². The number of nitrogens with zero attached hydrogens (tertiary/aromatic N) is 9. The van der Waals surface area contributed by atoms with Crippen LogP contribution >= 0.6 is 11.1 Å². The Morgan fingerprint density at radius 3 is 1.36 bits per heavy atom. The number of hydrogen-bond donors (Lipinski definition) is 9. The maximum absolute atomic E-state index is 12.4. The van der Waals surface area contributed by atoms with Crippen molar-refractivity contribution < 1.29 is 25.2 Å². The Labute approximate surface area is 453 Å². The van der Waals surface area contributed by atoms with Crippen molar-refractivity contribution in [3.63, 3.8) is 0 Å². The minimum absolute atomic E-state index is 0.00659. The molecule has 422 valence electrons. The number of unbranched alkanes of at least 4 members (excludes halogenated alkanes) is 9. The molecule has 9 rings (SSSR count). The maximum atomic E-state index is 12.4. The molecule has 6 aromatic heterocycles. The average Bonchev–Trinajstić information content (AvgIpc) is 4.28. The van der Waals surface area contributed by atoms with Gasteiger partial charge in [0, 0.05) is 11.8 Å². The first-order valence-corrected chi connectivity index (χ1v) is 31.5. The van der Waals surface area contributed by atoms with Gasteiger partial charge in [0.25, 0.3) is 22.7 Å². The van der Waals surface area contributed by atoms with E-state index in [0.29, 0.717) is 64.9 Å². The summed E-state index contributed by atoms with van der Waals surface area (Å²) in [6.07, 6.45) is 18.7. The lowest BCUT2D eigenvalue weighted by molar-refractivity contribution is 0.101. The van der Waals surface area contributed by atoms with Crippen molar-refractivity contribution in [3.8, 4) is 6.01 Å². The van der Waals surface area contributed by atoms with Gasteiger partial charge in [-0.2, -0.15) is 26.0 Å². The van der Waals surface area contributed by atoms with Crippen LogP contribution in [0, 0.1) is 23.7 Å². The third-order valence-electron chi connectivity index (χ3n) is 14.7. The molecular formula is C53H81ClN14O8Si. The Morgan fingerprint density at radius 2 is 0.987 bits per heavy atom. The molecule has 0 unspecified atom stereocenters. The zero-order chi connectivity index (χ0) is 56.3. The lowest BCUT2D eigenvalue weighted by Crippen LogP contribution is -2.17. The van der Waals surface area contributed by atoms with E-state index in [1.54, 1.807) is 21.8 Å². The summed E-state index contributed by atoms with van der Waals surface area (Å²) in [5.74, 6) is 0.453. The molecule has 0 bridgehead atoms. The molecule has 0 saturated heterocycles. The van der Waals surface area contributed by atoms with Crippen LogP contribution in [0.2, 0.25) is 19.6 Å². The van der Waals surface area contributed by atoms with Crippen LogP contribution in [0.15, 0.2) is 69.8 Å². The van der Waals surface area contributed by atoms with Gasteiger partial charge in [-0.15, -0.1) is 0 Å². The first-order chi connectivity index (χ1) is 36.6. The first-order valence-electron chi connectivity index (χ1n) is 27.0. The largest absolute Gasteiger partial charge is 0.465 e. The molecule has 6 aromatic rings. The Bertz CT molecular complexity index is 3010. The van der Waals surface area contributed by atoms with Crippen molar-refractivity contribution in [1.29, 1.82) is 0 Å². The van der Waals surface area contributed by atoms with Crippen molar-refractivity contribution in [2.24, 2.45) is 23.7 Å². The number of aromatic amines is 3. The molecule has 3 saturated carbocycles. The van der Waals surface area contributed by atoms with Crippen molar-refractivity contribution in [3.05, 3.63) is 86.5 Å². The number of hydrogen-bond acceptors (Lipinski definition) is 16. The fourth-order valence-corrected chi connectivity index (χ4v) is 10.7. The third kappa shape index (κ3) is 14.8. The van der Waals surface area contributed by atoms with Crippen LogP contribution in [0.4, 0.5) is 11.9 Å². The van der Waals surface area contributed by atoms with E-state index in [1.165, 1.54) is 63.3 Å². The zero-order valence-electron chi connectivity index (χ0n) is 45.5. The summed E-state index contributed by atoms with van der Waals surface area (Å²) in [4.78, 5) is 68.7. The fourth-order valence-electron chi connectivity index (χ4n) is 10.7. The summed E-state index contributed by atoms with van der Waals surface area (Å²) in [7, 11) is -1.14. The van der Waals surface area contributed by atoms with Crippen LogP contribution in [0.1, 0.15) is 129 Å². The molecule has 0 aromatic carbocycles. The number of aliphatic hydroxyl groups is 4. The second-order valence-electron chi connectivity index (χ2n) is 21.5. The lowest BCUT2D eigenvalue weighted by Gasteiger charge is -2.16. The van der Waals surface area contributed by atoms with Crippen molar-refractivity contribution >= 4 is 63.9 Å². The van der Waals surface area contributed by atoms with E-state index in [0.717, 1.165) is 25.7 Å². The van der Waals surface area contributed by atoms with E-state index in [9.17, 15) is 34.8 Å². The van der Waals surface area contributed by atoms with E-state index in [1.807, 2.05) is 4.57 Å². The van der Waals surface area contributed by atoms with Crippen LogP contribution in [0.5, 0.6) is 6.01 Å². The minimum Gasteiger partial charge on any atom is -0.465 e. The van der Waals surface area contributed by atoms with Crippen LogP contribution < -0.4 is 32.9 Å². The summed E-state index contributed by atoms with van der Waals surface area (Å²) >= 11 is 5.67. The van der Waals surface area contributed by atoms with Gasteiger partial charge in [0.05, 0.1) is 69.1 Å². The normalized spacial score (nSPS) is 23.3. The number of aliphatic hydroxyl groups excluding tert-OH is 4. The summed E-state index contributed by atoms with van der Waals surface area (Å²) < 4.78 is 11.1. The van der Waals surface area contributed by atoms with Gasteiger partial charge in [0.2, 0.25) is 11.9 Å². The third-order valence-corrected chi connectivity index (χ3v) is 14.7. The molecule has 24 heteroatoms. The summed E-state index contributed by atoms with van der Waals surface area (Å²) in [5, 5.41) is 39.0. The molecule has 6 heterocycles. The maximum Gasteiger partial charge on any atom is 0.298 e. The molecule has 77 heavy (non-hydrogen) atoms. The standard InChI is InChI=1S/C24H38N4O4.C14H19N5O.C12H15N5O3.C3H9ClSi/c1-3-4-5-6-7-8-9-10-11-12-13-32-24-26-22-21(23(31)27-24)25-16-28(22)19-14-20(30)18(15-29)17(19)2;1-4-9-7(2)5-10(8(9)3)19-6-16-11-12(19)17-14(15)18-13(11)20;1-5-6(3-18)8(19)2-7(5)17-4-14-9-10(17)15-12(13)16-11(9)20;1-5(2,3)4/h16,18-20,29-30H,2-15H2,1H3,(H,26,27,31);6-7,9-10H,3-5H2,1-2H3,(H3,15,17,18,20);4,6-8,18-19H,1-3H2,(H3,13,15,16,20);1-3H3/t18-,19-,20-;7-,9+,10-;6-,7-,8-;/m000./s1. The molecule has 0 spiro atoms. The number of rotatable bonds is 18. The predicted octanol–water partition coefficient (Wildman–Crippen LogP) is 6.99. The zero-order valence-corrected chi connectivity index (χ0v) is 47.3. The number of H-pyrrole nitrogens is 3. The number of anilines is 2. The molecule has 11 N–H and O–H groups in total. The second-order valence-corrected chi connectivity index (χ2v) is 29.1. The quantitative estimate of drug-likeness (QED) is 0.0181. The smallest absolute Gasteiger partial charge is 0.298 e. The fraction of sp³-hybridized carbons (Fsp3) is 0.604. The Hall–Kier alpha value is -5.98. The highest BCUT2D eigenvalue weighted by molar-refractivity contribution is 7.18.